The summed E-state index contributed by atoms with van der Waals surface area (Å²) in [6, 6.07) is 16.2. The number of fused-ring (bicyclic) bond motifs is 1. The lowest BCUT2D eigenvalue weighted by atomic mass is 10.1. The highest BCUT2D eigenvalue weighted by Gasteiger charge is 2.16. The molecule has 122 valence electrons. The number of rotatable bonds is 3. The van der Waals surface area contributed by atoms with Gasteiger partial charge in [0, 0.05) is 17.0 Å². The molecule has 0 saturated carbocycles. The monoisotopic (exact) mass is 338 g/mol. The van der Waals surface area contributed by atoms with Crippen LogP contribution in [0, 0.1) is 0 Å². The number of benzene rings is 2. The maximum Gasteiger partial charge on any atom is 0.163 e. The number of hydrogen-bond acceptors (Lipinski definition) is 4. The van der Waals surface area contributed by atoms with Gasteiger partial charge in [0.25, 0.3) is 0 Å². The Balaban J connectivity index is 1.80. The van der Waals surface area contributed by atoms with Crippen LogP contribution in [0.3, 0.4) is 0 Å². The van der Waals surface area contributed by atoms with Gasteiger partial charge >= 0.3 is 0 Å². The average Bonchev–Trinajstić information content (AvgIpc) is 2.63. The van der Waals surface area contributed by atoms with Crippen LogP contribution in [0.4, 0.5) is 5.82 Å². The standard InChI is InChI=1S/C19H19ClN4/c20-16-7-3-1-5-14(16)18-23-17-8-4-2-6-15(17)19(24-18)22-13-9-11-21-12-10-13/h1-8,13,21H,9-12H2,(H,22,23,24). The molecule has 1 aromatic heterocycles. The number of nitrogens with one attached hydrogen (secondary N) is 2. The lowest BCUT2D eigenvalue weighted by molar-refractivity contribution is 0.478. The summed E-state index contributed by atoms with van der Waals surface area (Å²) in [6.45, 7) is 2.08. The fourth-order valence-corrected chi connectivity index (χ4v) is 3.33. The Kier molecular flexibility index (Phi) is 4.32. The van der Waals surface area contributed by atoms with Gasteiger partial charge in [0.15, 0.2) is 5.82 Å². The normalized spacial score (nSPS) is 15.5. The molecule has 0 radical (unpaired) electrons. The van der Waals surface area contributed by atoms with Gasteiger partial charge in [0.05, 0.1) is 10.5 Å². The SMILES string of the molecule is Clc1ccccc1-c1nc(NC2CCNCC2)c2ccccc2n1. The van der Waals surface area contributed by atoms with Crippen molar-refractivity contribution < 1.29 is 0 Å². The predicted octanol–water partition coefficient (Wildman–Crippen LogP) is 4.11. The molecule has 0 aliphatic carbocycles. The van der Waals surface area contributed by atoms with Gasteiger partial charge in [-0.05, 0) is 50.2 Å². The van der Waals surface area contributed by atoms with Crippen LogP contribution in [0.5, 0.6) is 0 Å². The molecule has 0 spiro atoms. The molecule has 24 heavy (non-hydrogen) atoms. The second-order valence-corrected chi connectivity index (χ2v) is 6.47. The van der Waals surface area contributed by atoms with E-state index in [1.165, 1.54) is 0 Å². The van der Waals surface area contributed by atoms with E-state index in [0.29, 0.717) is 16.9 Å². The molecule has 5 heteroatoms. The molecule has 2 heterocycles. The lowest BCUT2D eigenvalue weighted by Crippen LogP contribution is -2.35. The van der Waals surface area contributed by atoms with Gasteiger partial charge in [-0.2, -0.15) is 0 Å². The van der Waals surface area contributed by atoms with E-state index >= 15 is 0 Å². The smallest absolute Gasteiger partial charge is 0.163 e. The quantitative estimate of drug-likeness (QED) is 0.754. The van der Waals surface area contributed by atoms with Crippen molar-refractivity contribution in [3.63, 3.8) is 0 Å². The Bertz CT molecular complexity index is 859. The Morgan fingerprint density at radius 1 is 0.958 bits per heavy atom. The molecule has 3 aromatic rings. The summed E-state index contributed by atoms with van der Waals surface area (Å²) in [7, 11) is 0. The highest BCUT2D eigenvalue weighted by molar-refractivity contribution is 6.33. The third-order valence-electron chi connectivity index (χ3n) is 4.40. The third-order valence-corrected chi connectivity index (χ3v) is 4.73. The van der Waals surface area contributed by atoms with Gasteiger partial charge in [-0.25, -0.2) is 9.97 Å². The third kappa shape index (κ3) is 3.07. The van der Waals surface area contributed by atoms with Crippen LogP contribution in [0.15, 0.2) is 48.5 Å². The van der Waals surface area contributed by atoms with E-state index in [-0.39, 0.29) is 0 Å². The number of nitrogens with zero attached hydrogens (tertiary/aromatic N) is 2. The fraction of sp³-hybridized carbons (Fsp3) is 0.263. The van der Waals surface area contributed by atoms with Crippen molar-refractivity contribution in [1.29, 1.82) is 0 Å². The second-order valence-electron chi connectivity index (χ2n) is 6.06. The van der Waals surface area contributed by atoms with E-state index < -0.39 is 0 Å². The zero-order chi connectivity index (χ0) is 16.4. The van der Waals surface area contributed by atoms with Crippen molar-refractivity contribution >= 4 is 28.3 Å². The van der Waals surface area contributed by atoms with Crippen LogP contribution >= 0.6 is 11.6 Å². The molecular formula is C19H19ClN4. The van der Waals surface area contributed by atoms with Crippen LogP contribution in [-0.4, -0.2) is 29.1 Å². The van der Waals surface area contributed by atoms with Crippen LogP contribution < -0.4 is 10.6 Å². The minimum Gasteiger partial charge on any atom is -0.367 e. The van der Waals surface area contributed by atoms with Crippen LogP contribution in [-0.2, 0) is 0 Å². The van der Waals surface area contributed by atoms with Gasteiger partial charge < -0.3 is 10.6 Å². The number of anilines is 1. The summed E-state index contributed by atoms with van der Waals surface area (Å²) in [4.78, 5) is 9.51. The number of piperidine rings is 1. The first-order valence-corrected chi connectivity index (χ1v) is 8.68. The van der Waals surface area contributed by atoms with Gasteiger partial charge in [-0.1, -0.05) is 35.9 Å². The van der Waals surface area contributed by atoms with E-state index in [9.17, 15) is 0 Å². The van der Waals surface area contributed by atoms with Crippen molar-refractivity contribution in [2.75, 3.05) is 18.4 Å². The summed E-state index contributed by atoms with van der Waals surface area (Å²) in [6.07, 6.45) is 2.19. The average molecular weight is 339 g/mol. The number of hydrogen-bond donors (Lipinski definition) is 2. The molecule has 1 aliphatic heterocycles. The number of halogens is 1. The Morgan fingerprint density at radius 2 is 1.71 bits per heavy atom. The van der Waals surface area contributed by atoms with Crippen molar-refractivity contribution in [3.05, 3.63) is 53.6 Å². The van der Waals surface area contributed by atoms with E-state index in [1.54, 1.807) is 0 Å². The summed E-state index contributed by atoms with van der Waals surface area (Å²) in [5.41, 5.74) is 1.79. The Labute approximate surface area is 146 Å². The molecule has 0 amide bonds. The van der Waals surface area contributed by atoms with Crippen molar-refractivity contribution in [2.24, 2.45) is 0 Å². The van der Waals surface area contributed by atoms with E-state index in [2.05, 4.69) is 16.7 Å². The molecule has 4 rings (SSSR count). The van der Waals surface area contributed by atoms with Crippen molar-refractivity contribution in [2.45, 2.75) is 18.9 Å². The second kappa shape index (κ2) is 6.75. The van der Waals surface area contributed by atoms with Crippen LogP contribution in [0.2, 0.25) is 5.02 Å². The highest BCUT2D eigenvalue weighted by atomic mass is 35.5. The first-order valence-electron chi connectivity index (χ1n) is 8.30. The first kappa shape index (κ1) is 15.4. The minimum absolute atomic E-state index is 0.434. The summed E-state index contributed by atoms with van der Waals surface area (Å²) >= 11 is 6.35. The zero-order valence-electron chi connectivity index (χ0n) is 13.3. The summed E-state index contributed by atoms with van der Waals surface area (Å²) < 4.78 is 0. The maximum absolute atomic E-state index is 6.35. The molecule has 2 N–H and O–H groups in total. The summed E-state index contributed by atoms with van der Waals surface area (Å²) in [5.74, 6) is 1.55. The molecule has 4 nitrogen and oxygen atoms in total. The molecular weight excluding hydrogens is 320 g/mol. The number of para-hydroxylation sites is 1. The van der Waals surface area contributed by atoms with Gasteiger partial charge in [0.2, 0.25) is 0 Å². The lowest BCUT2D eigenvalue weighted by Gasteiger charge is -2.25. The predicted molar refractivity (Wildman–Crippen MR) is 99.5 cm³/mol. The van der Waals surface area contributed by atoms with Gasteiger partial charge in [0.1, 0.15) is 5.82 Å². The molecule has 1 fully saturated rings. The fourth-order valence-electron chi connectivity index (χ4n) is 3.11. The first-order chi connectivity index (χ1) is 11.8. The van der Waals surface area contributed by atoms with Gasteiger partial charge in [-0.15, -0.1) is 0 Å². The Hall–Kier alpha value is -2.17. The summed E-state index contributed by atoms with van der Waals surface area (Å²) in [5, 5.41) is 8.73. The largest absolute Gasteiger partial charge is 0.367 e. The van der Waals surface area contributed by atoms with Crippen molar-refractivity contribution in [3.8, 4) is 11.4 Å². The molecule has 1 aliphatic rings. The Morgan fingerprint density at radius 3 is 2.54 bits per heavy atom. The van der Waals surface area contributed by atoms with Crippen molar-refractivity contribution in [1.82, 2.24) is 15.3 Å². The van der Waals surface area contributed by atoms with Crippen LogP contribution in [0.25, 0.3) is 22.3 Å². The highest BCUT2D eigenvalue weighted by Crippen LogP contribution is 2.29. The van der Waals surface area contributed by atoms with E-state index in [4.69, 9.17) is 21.6 Å². The van der Waals surface area contributed by atoms with E-state index in [0.717, 1.165) is 48.2 Å². The minimum atomic E-state index is 0.434. The maximum atomic E-state index is 6.35. The van der Waals surface area contributed by atoms with Gasteiger partial charge in [-0.3, -0.25) is 0 Å². The molecule has 1 saturated heterocycles. The molecule has 2 aromatic carbocycles. The topological polar surface area (TPSA) is 49.8 Å². The van der Waals surface area contributed by atoms with E-state index in [1.807, 2.05) is 42.5 Å². The zero-order valence-corrected chi connectivity index (χ0v) is 14.1. The molecule has 0 unspecified atom stereocenters. The van der Waals surface area contributed by atoms with Crippen LogP contribution in [0.1, 0.15) is 12.8 Å². The number of aromatic nitrogens is 2. The molecule has 0 atom stereocenters. The molecule has 0 bridgehead atoms.